The number of nitrogens with one attached hydrogen (secondary N) is 1. The van der Waals surface area contributed by atoms with Crippen LogP contribution in [0.1, 0.15) is 46.0 Å². The number of aliphatic hydroxyl groups excluding tert-OH is 1. The minimum Gasteiger partial charge on any atom is -0.394 e. The molecule has 0 heterocycles. The maximum atomic E-state index is 9.48. The lowest BCUT2D eigenvalue weighted by atomic mass is 9.82. The van der Waals surface area contributed by atoms with Crippen molar-refractivity contribution in [2.24, 2.45) is 5.92 Å². The van der Waals surface area contributed by atoms with Gasteiger partial charge in [-0.3, -0.25) is 0 Å². The largest absolute Gasteiger partial charge is 0.394 e. The molecule has 0 aromatic rings. The maximum absolute atomic E-state index is 9.48. The Morgan fingerprint density at radius 3 is 2.50 bits per heavy atom. The summed E-state index contributed by atoms with van der Waals surface area (Å²) < 4.78 is 5.53. The summed E-state index contributed by atoms with van der Waals surface area (Å²) in [5.41, 5.74) is -0.0144. The Bertz CT molecular complexity index is 177. The zero-order chi connectivity index (χ0) is 11.9. The van der Waals surface area contributed by atoms with E-state index in [1.165, 1.54) is 19.3 Å². The molecular weight excluding hydrogens is 202 g/mol. The lowest BCUT2D eigenvalue weighted by Crippen LogP contribution is -2.50. The normalized spacial score (nSPS) is 20.2. The Morgan fingerprint density at radius 1 is 1.25 bits per heavy atom. The number of rotatable bonds is 7. The van der Waals surface area contributed by atoms with Crippen molar-refractivity contribution < 1.29 is 9.84 Å². The van der Waals surface area contributed by atoms with Crippen molar-refractivity contribution in [2.75, 3.05) is 26.4 Å². The molecule has 1 rings (SSSR count). The monoisotopic (exact) mass is 229 g/mol. The van der Waals surface area contributed by atoms with E-state index in [0.29, 0.717) is 5.92 Å². The summed E-state index contributed by atoms with van der Waals surface area (Å²) in [6.07, 6.45) is 6.00. The predicted octanol–water partition coefficient (Wildman–Crippen LogP) is 1.94. The predicted molar refractivity (Wildman–Crippen MR) is 66.6 cm³/mol. The molecule has 1 saturated carbocycles. The van der Waals surface area contributed by atoms with Crippen molar-refractivity contribution in [3.63, 3.8) is 0 Å². The van der Waals surface area contributed by atoms with Gasteiger partial charge in [0.2, 0.25) is 0 Å². The summed E-state index contributed by atoms with van der Waals surface area (Å²) in [6, 6.07) is 0. The van der Waals surface area contributed by atoms with Crippen LogP contribution in [0.2, 0.25) is 0 Å². The van der Waals surface area contributed by atoms with Gasteiger partial charge in [-0.1, -0.05) is 33.1 Å². The SMILES string of the molecule is CC(C)COCCNC1(CO)CCCCC1. The first kappa shape index (κ1) is 13.9. The third-order valence-electron chi connectivity index (χ3n) is 3.31. The van der Waals surface area contributed by atoms with Gasteiger partial charge >= 0.3 is 0 Å². The van der Waals surface area contributed by atoms with E-state index >= 15 is 0 Å². The third kappa shape index (κ3) is 4.81. The first-order valence-electron chi connectivity index (χ1n) is 6.62. The van der Waals surface area contributed by atoms with E-state index in [2.05, 4.69) is 19.2 Å². The van der Waals surface area contributed by atoms with Gasteiger partial charge in [0, 0.05) is 18.7 Å². The second-order valence-electron chi connectivity index (χ2n) is 5.39. The molecule has 1 aliphatic rings. The van der Waals surface area contributed by atoms with Crippen molar-refractivity contribution in [1.29, 1.82) is 0 Å². The van der Waals surface area contributed by atoms with Crippen molar-refractivity contribution in [3.05, 3.63) is 0 Å². The summed E-state index contributed by atoms with van der Waals surface area (Å²) in [7, 11) is 0. The minimum atomic E-state index is -0.0144. The average Bonchev–Trinajstić information content (AvgIpc) is 2.29. The molecule has 0 saturated heterocycles. The van der Waals surface area contributed by atoms with Crippen molar-refractivity contribution in [1.82, 2.24) is 5.32 Å². The molecule has 2 N–H and O–H groups in total. The molecule has 0 aromatic carbocycles. The Morgan fingerprint density at radius 2 is 1.94 bits per heavy atom. The molecule has 0 aromatic heterocycles. The highest BCUT2D eigenvalue weighted by Crippen LogP contribution is 2.27. The fourth-order valence-corrected chi connectivity index (χ4v) is 2.33. The second kappa shape index (κ2) is 7.25. The first-order chi connectivity index (χ1) is 7.68. The lowest BCUT2D eigenvalue weighted by Gasteiger charge is -2.36. The Balaban J connectivity index is 2.13. The molecule has 1 aliphatic carbocycles. The first-order valence-corrected chi connectivity index (χ1v) is 6.62. The van der Waals surface area contributed by atoms with Gasteiger partial charge in [0.25, 0.3) is 0 Å². The average molecular weight is 229 g/mol. The van der Waals surface area contributed by atoms with Crippen LogP contribution in [0.15, 0.2) is 0 Å². The van der Waals surface area contributed by atoms with Crippen molar-refractivity contribution in [3.8, 4) is 0 Å². The number of aliphatic hydroxyl groups is 1. The summed E-state index contributed by atoms with van der Waals surface area (Å²) in [4.78, 5) is 0. The van der Waals surface area contributed by atoms with E-state index in [0.717, 1.165) is 32.6 Å². The summed E-state index contributed by atoms with van der Waals surface area (Å²) >= 11 is 0. The third-order valence-corrected chi connectivity index (χ3v) is 3.31. The zero-order valence-corrected chi connectivity index (χ0v) is 10.8. The molecule has 0 atom stereocenters. The Kier molecular flexibility index (Phi) is 6.32. The molecule has 96 valence electrons. The van der Waals surface area contributed by atoms with E-state index in [4.69, 9.17) is 4.74 Å². The Hall–Kier alpha value is -0.120. The van der Waals surface area contributed by atoms with Gasteiger partial charge < -0.3 is 15.2 Å². The number of hydrogen-bond donors (Lipinski definition) is 2. The molecular formula is C13H27NO2. The van der Waals surface area contributed by atoms with Crippen LogP contribution in [-0.4, -0.2) is 37.0 Å². The van der Waals surface area contributed by atoms with Gasteiger partial charge in [-0.05, 0) is 18.8 Å². The Labute approximate surface area is 99.6 Å². The summed E-state index contributed by atoms with van der Waals surface area (Å²) in [5.74, 6) is 0.599. The number of hydrogen-bond acceptors (Lipinski definition) is 3. The van der Waals surface area contributed by atoms with E-state index in [-0.39, 0.29) is 12.1 Å². The summed E-state index contributed by atoms with van der Waals surface area (Å²) in [5, 5.41) is 13.0. The second-order valence-corrected chi connectivity index (χ2v) is 5.39. The van der Waals surface area contributed by atoms with Crippen LogP contribution >= 0.6 is 0 Å². The smallest absolute Gasteiger partial charge is 0.0613 e. The molecule has 0 unspecified atom stereocenters. The molecule has 1 fully saturated rings. The van der Waals surface area contributed by atoms with Crippen molar-refractivity contribution in [2.45, 2.75) is 51.5 Å². The lowest BCUT2D eigenvalue weighted by molar-refractivity contribution is 0.0828. The molecule has 0 aliphatic heterocycles. The van der Waals surface area contributed by atoms with E-state index in [9.17, 15) is 5.11 Å². The molecule has 0 amide bonds. The minimum absolute atomic E-state index is 0.0144. The molecule has 3 nitrogen and oxygen atoms in total. The highest BCUT2D eigenvalue weighted by Gasteiger charge is 2.30. The van der Waals surface area contributed by atoms with Crippen LogP contribution in [0.5, 0.6) is 0 Å². The van der Waals surface area contributed by atoms with Gasteiger partial charge in [-0.25, -0.2) is 0 Å². The summed E-state index contributed by atoms with van der Waals surface area (Å²) in [6.45, 7) is 7.01. The highest BCUT2D eigenvalue weighted by molar-refractivity contribution is 4.89. The molecule has 0 bridgehead atoms. The van der Waals surface area contributed by atoms with E-state index in [1.807, 2.05) is 0 Å². The van der Waals surface area contributed by atoms with Gasteiger partial charge in [0.15, 0.2) is 0 Å². The van der Waals surface area contributed by atoms with E-state index < -0.39 is 0 Å². The number of ether oxygens (including phenoxy) is 1. The van der Waals surface area contributed by atoms with Crippen molar-refractivity contribution >= 4 is 0 Å². The van der Waals surface area contributed by atoms with Crippen LogP contribution in [0.25, 0.3) is 0 Å². The van der Waals surface area contributed by atoms with Crippen LogP contribution in [0, 0.1) is 5.92 Å². The molecule has 0 radical (unpaired) electrons. The van der Waals surface area contributed by atoms with Gasteiger partial charge in [-0.15, -0.1) is 0 Å². The molecule has 3 heteroatoms. The van der Waals surface area contributed by atoms with Crippen LogP contribution in [0.4, 0.5) is 0 Å². The topological polar surface area (TPSA) is 41.5 Å². The standard InChI is InChI=1S/C13H27NO2/c1-12(2)10-16-9-8-14-13(11-15)6-4-3-5-7-13/h12,14-15H,3-11H2,1-2H3. The van der Waals surface area contributed by atoms with Crippen LogP contribution in [-0.2, 0) is 4.74 Å². The maximum Gasteiger partial charge on any atom is 0.0613 e. The van der Waals surface area contributed by atoms with Gasteiger partial charge in [0.05, 0.1) is 13.2 Å². The van der Waals surface area contributed by atoms with Gasteiger partial charge in [0.1, 0.15) is 0 Å². The zero-order valence-electron chi connectivity index (χ0n) is 10.8. The molecule has 16 heavy (non-hydrogen) atoms. The van der Waals surface area contributed by atoms with Gasteiger partial charge in [-0.2, -0.15) is 0 Å². The molecule has 0 spiro atoms. The van der Waals surface area contributed by atoms with Crippen LogP contribution in [0.3, 0.4) is 0 Å². The highest BCUT2D eigenvalue weighted by atomic mass is 16.5. The fraction of sp³-hybridized carbons (Fsp3) is 1.00. The quantitative estimate of drug-likeness (QED) is 0.656. The van der Waals surface area contributed by atoms with E-state index in [1.54, 1.807) is 0 Å². The van der Waals surface area contributed by atoms with Crippen LogP contribution < -0.4 is 5.32 Å². The fourth-order valence-electron chi connectivity index (χ4n) is 2.33.